The molecule has 0 fully saturated rings. The third-order valence-corrected chi connectivity index (χ3v) is 3.83. The number of primary amides is 1. The summed E-state index contributed by atoms with van der Waals surface area (Å²) in [5, 5.41) is 3.42. The topological polar surface area (TPSA) is 111 Å². The van der Waals surface area contributed by atoms with Crippen LogP contribution in [0.3, 0.4) is 0 Å². The molecule has 1 heterocycles. The summed E-state index contributed by atoms with van der Waals surface area (Å²) in [6.45, 7) is 3.61. The van der Waals surface area contributed by atoms with Gasteiger partial charge in [0.1, 0.15) is 6.04 Å². The first-order valence-electron chi connectivity index (χ1n) is 8.03. The van der Waals surface area contributed by atoms with Crippen LogP contribution in [0.25, 0.3) is 10.9 Å². The van der Waals surface area contributed by atoms with Crippen molar-refractivity contribution in [1.82, 2.24) is 10.3 Å². The van der Waals surface area contributed by atoms with E-state index in [4.69, 9.17) is 10.5 Å². The minimum absolute atomic E-state index is 0.0183. The molecule has 1 aromatic heterocycles. The van der Waals surface area contributed by atoms with Gasteiger partial charge in [0.15, 0.2) is 0 Å². The van der Waals surface area contributed by atoms with Crippen molar-refractivity contribution in [2.24, 2.45) is 11.7 Å². The van der Waals surface area contributed by atoms with E-state index in [0.717, 1.165) is 5.39 Å². The van der Waals surface area contributed by atoms with Crippen LogP contribution in [0.4, 0.5) is 0 Å². The van der Waals surface area contributed by atoms with E-state index in [1.165, 1.54) is 0 Å². The predicted molar refractivity (Wildman–Crippen MR) is 92.6 cm³/mol. The smallest absolute Gasteiger partial charge is 0.306 e. The number of amides is 2. The van der Waals surface area contributed by atoms with Crippen molar-refractivity contribution in [3.8, 4) is 0 Å². The average Bonchev–Trinajstić information content (AvgIpc) is 2.58. The fourth-order valence-corrected chi connectivity index (χ4v) is 2.60. The number of hydrogen-bond donors (Lipinski definition) is 2. The van der Waals surface area contributed by atoms with Gasteiger partial charge in [0.2, 0.25) is 5.91 Å². The molecule has 2 amide bonds. The van der Waals surface area contributed by atoms with Crippen LogP contribution in [0.5, 0.6) is 0 Å². The number of aromatic nitrogens is 1. The molecule has 132 valence electrons. The van der Waals surface area contributed by atoms with Gasteiger partial charge in [-0.2, -0.15) is 0 Å². The summed E-state index contributed by atoms with van der Waals surface area (Å²) in [5.41, 5.74) is 6.28. The quantitative estimate of drug-likeness (QED) is 0.738. The van der Waals surface area contributed by atoms with Crippen LogP contribution in [-0.4, -0.2) is 35.4 Å². The van der Waals surface area contributed by atoms with Crippen molar-refractivity contribution in [1.29, 1.82) is 0 Å². The number of rotatable bonds is 7. The van der Waals surface area contributed by atoms with E-state index in [1.54, 1.807) is 38.2 Å². The fourth-order valence-electron chi connectivity index (χ4n) is 2.60. The van der Waals surface area contributed by atoms with E-state index >= 15 is 0 Å². The third-order valence-electron chi connectivity index (χ3n) is 3.83. The van der Waals surface area contributed by atoms with Gasteiger partial charge < -0.3 is 15.8 Å². The number of hydrogen-bond acceptors (Lipinski definition) is 5. The maximum Gasteiger partial charge on any atom is 0.306 e. The molecule has 1 aromatic carbocycles. The van der Waals surface area contributed by atoms with Gasteiger partial charge in [-0.3, -0.25) is 19.4 Å². The van der Waals surface area contributed by atoms with E-state index in [2.05, 4.69) is 10.3 Å². The van der Waals surface area contributed by atoms with Crippen molar-refractivity contribution in [2.45, 2.75) is 26.3 Å². The maximum absolute atomic E-state index is 12.6. The van der Waals surface area contributed by atoms with E-state index in [1.807, 2.05) is 12.1 Å². The van der Waals surface area contributed by atoms with Crippen molar-refractivity contribution in [3.05, 3.63) is 42.1 Å². The molecule has 25 heavy (non-hydrogen) atoms. The summed E-state index contributed by atoms with van der Waals surface area (Å²) in [6, 6.07) is 7.83. The van der Waals surface area contributed by atoms with Crippen LogP contribution in [0.2, 0.25) is 0 Å². The van der Waals surface area contributed by atoms with Crippen LogP contribution in [0, 0.1) is 5.92 Å². The van der Waals surface area contributed by atoms with Crippen molar-refractivity contribution < 1.29 is 19.1 Å². The number of carbonyl (C=O) groups is 3. The Bertz CT molecular complexity index is 785. The van der Waals surface area contributed by atoms with Gasteiger partial charge in [0.25, 0.3) is 5.91 Å². The zero-order chi connectivity index (χ0) is 18.4. The lowest BCUT2D eigenvalue weighted by Crippen LogP contribution is -2.49. The van der Waals surface area contributed by atoms with Crippen LogP contribution in [0.15, 0.2) is 36.5 Å². The molecule has 0 saturated heterocycles. The molecular formula is C18H21N3O4. The second-order valence-electron chi connectivity index (χ2n) is 5.72. The minimum atomic E-state index is -0.990. The largest absolute Gasteiger partial charge is 0.466 e. The number of fused-ring (bicyclic) bond motifs is 1. The summed E-state index contributed by atoms with van der Waals surface area (Å²) in [7, 11) is 0. The van der Waals surface area contributed by atoms with E-state index in [0.29, 0.717) is 11.1 Å². The molecule has 2 aromatic rings. The fraction of sp³-hybridized carbons (Fsp3) is 0.333. The van der Waals surface area contributed by atoms with Crippen molar-refractivity contribution >= 4 is 28.7 Å². The standard InChI is InChI=1S/C18H21N3O4/c1-3-25-14(22)10-11(2)15(17(19)23)21-18(24)13-8-4-6-12-7-5-9-20-16(12)13/h4-9,11,15H,3,10H2,1-2H3,(H2,19,23)(H,21,24)/t11-,15-/m0/s1. The number of pyridine rings is 1. The Hall–Kier alpha value is -2.96. The van der Waals surface area contributed by atoms with E-state index < -0.39 is 29.7 Å². The van der Waals surface area contributed by atoms with E-state index in [-0.39, 0.29) is 13.0 Å². The molecule has 2 rings (SSSR count). The second-order valence-corrected chi connectivity index (χ2v) is 5.72. The highest BCUT2D eigenvalue weighted by atomic mass is 16.5. The second kappa shape index (κ2) is 8.23. The molecule has 7 heteroatoms. The molecule has 2 atom stereocenters. The van der Waals surface area contributed by atoms with Crippen LogP contribution < -0.4 is 11.1 Å². The lowest BCUT2D eigenvalue weighted by Gasteiger charge is -2.22. The maximum atomic E-state index is 12.6. The summed E-state index contributed by atoms with van der Waals surface area (Å²) in [5.74, 6) is -2.12. The Balaban J connectivity index is 2.20. The zero-order valence-corrected chi connectivity index (χ0v) is 14.2. The molecule has 7 nitrogen and oxygen atoms in total. The lowest BCUT2D eigenvalue weighted by molar-refractivity contribution is -0.144. The highest BCUT2D eigenvalue weighted by Gasteiger charge is 2.28. The van der Waals surface area contributed by atoms with Crippen molar-refractivity contribution in [2.75, 3.05) is 6.61 Å². The predicted octanol–water partition coefficient (Wildman–Crippen LogP) is 1.41. The number of benzene rings is 1. The Morgan fingerprint density at radius 2 is 1.96 bits per heavy atom. The number of ether oxygens (including phenoxy) is 1. The van der Waals surface area contributed by atoms with Gasteiger partial charge in [-0.1, -0.05) is 25.1 Å². The van der Waals surface area contributed by atoms with Gasteiger partial charge in [-0.15, -0.1) is 0 Å². The summed E-state index contributed by atoms with van der Waals surface area (Å²) >= 11 is 0. The number of nitrogens with one attached hydrogen (secondary N) is 1. The Labute approximate surface area is 145 Å². The average molecular weight is 343 g/mol. The molecular weight excluding hydrogens is 322 g/mol. The van der Waals surface area contributed by atoms with Gasteiger partial charge in [-0.05, 0) is 25.0 Å². The lowest BCUT2D eigenvalue weighted by atomic mass is 9.97. The SMILES string of the molecule is CCOC(=O)C[C@H](C)[C@H](NC(=O)c1cccc2cccnc12)C(N)=O. The van der Waals surface area contributed by atoms with Crippen LogP contribution in [0.1, 0.15) is 30.6 Å². The third kappa shape index (κ3) is 4.53. The highest BCUT2D eigenvalue weighted by molar-refractivity contribution is 6.06. The Kier molecular flexibility index (Phi) is 6.05. The Morgan fingerprint density at radius 3 is 2.64 bits per heavy atom. The molecule has 0 spiro atoms. The van der Waals surface area contributed by atoms with Crippen LogP contribution >= 0.6 is 0 Å². The van der Waals surface area contributed by atoms with E-state index in [9.17, 15) is 14.4 Å². The molecule has 0 unspecified atom stereocenters. The first kappa shape index (κ1) is 18.4. The normalized spacial score (nSPS) is 13.0. The number of para-hydroxylation sites is 1. The molecule has 0 aliphatic heterocycles. The first-order valence-corrected chi connectivity index (χ1v) is 8.03. The Morgan fingerprint density at radius 1 is 1.24 bits per heavy atom. The first-order chi connectivity index (χ1) is 11.9. The van der Waals surface area contributed by atoms with Crippen molar-refractivity contribution in [3.63, 3.8) is 0 Å². The molecule has 0 saturated carbocycles. The summed E-state index contributed by atoms with van der Waals surface area (Å²) < 4.78 is 4.88. The molecule has 0 bridgehead atoms. The summed E-state index contributed by atoms with van der Waals surface area (Å²) in [6.07, 6.45) is 1.57. The summed E-state index contributed by atoms with van der Waals surface area (Å²) in [4.78, 5) is 40.2. The minimum Gasteiger partial charge on any atom is -0.466 e. The molecule has 0 aliphatic rings. The highest BCUT2D eigenvalue weighted by Crippen LogP contribution is 2.17. The zero-order valence-electron chi connectivity index (χ0n) is 14.2. The number of nitrogens with two attached hydrogens (primary N) is 1. The number of carbonyl (C=O) groups excluding carboxylic acids is 3. The van der Waals surface area contributed by atoms with Gasteiger partial charge >= 0.3 is 5.97 Å². The molecule has 0 aliphatic carbocycles. The number of esters is 1. The molecule has 3 N–H and O–H groups in total. The van der Waals surface area contributed by atoms with Gasteiger partial charge in [0, 0.05) is 11.6 Å². The van der Waals surface area contributed by atoms with Gasteiger partial charge in [0.05, 0.1) is 24.1 Å². The van der Waals surface area contributed by atoms with Gasteiger partial charge in [-0.25, -0.2) is 0 Å². The monoisotopic (exact) mass is 343 g/mol. The molecule has 0 radical (unpaired) electrons. The number of nitrogens with zero attached hydrogens (tertiary/aromatic N) is 1. The van der Waals surface area contributed by atoms with Crippen LogP contribution in [-0.2, 0) is 14.3 Å².